The van der Waals surface area contributed by atoms with Crippen LogP contribution in [0.4, 0.5) is 11.4 Å². The molecule has 0 aromatic heterocycles. The number of rotatable bonds is 7. The molecule has 118 valence electrons. The van der Waals surface area contributed by atoms with Crippen LogP contribution in [0.3, 0.4) is 0 Å². The number of nitro benzene ring substituents is 1. The summed E-state index contributed by atoms with van der Waals surface area (Å²) in [5.41, 5.74) is -0.111. The fraction of sp³-hybridized carbons (Fsp3) is 0.429. The third-order valence-electron chi connectivity index (χ3n) is 3.53. The lowest BCUT2D eigenvalue weighted by atomic mass is 10.1. The number of carboxylic acids is 1. The van der Waals surface area contributed by atoms with Gasteiger partial charge in [-0.2, -0.15) is 0 Å². The number of nitrogens with one attached hydrogen (secondary N) is 1. The molecule has 1 fully saturated rings. The van der Waals surface area contributed by atoms with Crippen molar-refractivity contribution in [1.82, 2.24) is 4.90 Å². The quantitative estimate of drug-likeness (QED) is 0.450. The van der Waals surface area contributed by atoms with Crippen LogP contribution < -0.4 is 5.32 Å². The third kappa shape index (κ3) is 3.72. The first-order valence-corrected chi connectivity index (χ1v) is 7.02. The molecule has 0 saturated carbocycles. The van der Waals surface area contributed by atoms with Crippen molar-refractivity contribution in [1.29, 1.82) is 0 Å². The number of nitrogens with zero attached hydrogens (tertiary/aromatic N) is 2. The van der Waals surface area contributed by atoms with Gasteiger partial charge in [-0.05, 0) is 25.0 Å². The van der Waals surface area contributed by atoms with Crippen molar-refractivity contribution in [2.75, 3.05) is 25.0 Å². The monoisotopic (exact) mass is 307 g/mol. The van der Waals surface area contributed by atoms with Crippen LogP contribution in [0.2, 0.25) is 0 Å². The molecule has 1 aliphatic heterocycles. The second kappa shape index (κ2) is 6.88. The zero-order valence-corrected chi connectivity index (χ0v) is 11.9. The van der Waals surface area contributed by atoms with E-state index < -0.39 is 10.9 Å². The molecule has 0 bridgehead atoms. The molecule has 2 rings (SSSR count). The Bertz CT molecular complexity index is 602. The van der Waals surface area contributed by atoms with Crippen molar-refractivity contribution in [3.05, 3.63) is 33.9 Å². The predicted octanol–water partition coefficient (Wildman–Crippen LogP) is 1.72. The molecule has 8 nitrogen and oxygen atoms in total. The number of nitro groups is 1. The van der Waals surface area contributed by atoms with Crippen LogP contribution in [-0.2, 0) is 4.79 Å². The number of amides is 1. The van der Waals surface area contributed by atoms with Gasteiger partial charge in [-0.3, -0.25) is 14.9 Å². The Hall–Kier alpha value is -2.64. The lowest BCUT2D eigenvalue weighted by Crippen LogP contribution is -2.27. The van der Waals surface area contributed by atoms with Gasteiger partial charge in [-0.1, -0.05) is 0 Å². The van der Waals surface area contributed by atoms with Crippen molar-refractivity contribution in [2.24, 2.45) is 0 Å². The standard InChI is InChI=1S/C14H17N3O5/c18-13-3-1-7-16(13)8-2-6-15-11-5-4-10(14(19)20)9-12(11)17(21)22/h4-5,9,15H,1-3,6-8H2,(H,19,20). The van der Waals surface area contributed by atoms with E-state index in [0.29, 0.717) is 25.9 Å². The third-order valence-corrected chi connectivity index (χ3v) is 3.53. The van der Waals surface area contributed by atoms with Crippen molar-refractivity contribution < 1.29 is 19.6 Å². The number of aromatic carboxylic acids is 1. The number of benzene rings is 1. The minimum Gasteiger partial charge on any atom is -0.478 e. The molecular weight excluding hydrogens is 290 g/mol. The lowest BCUT2D eigenvalue weighted by molar-refractivity contribution is -0.384. The number of likely N-dealkylation sites (tertiary alicyclic amines) is 1. The van der Waals surface area contributed by atoms with Gasteiger partial charge in [0.25, 0.3) is 5.69 Å². The van der Waals surface area contributed by atoms with Crippen LogP contribution in [0.5, 0.6) is 0 Å². The summed E-state index contributed by atoms with van der Waals surface area (Å²) in [6.45, 7) is 1.86. The highest BCUT2D eigenvalue weighted by Crippen LogP contribution is 2.25. The van der Waals surface area contributed by atoms with Gasteiger partial charge in [0.1, 0.15) is 5.69 Å². The summed E-state index contributed by atoms with van der Waals surface area (Å²) < 4.78 is 0. The molecule has 0 aliphatic carbocycles. The van der Waals surface area contributed by atoms with Crippen molar-refractivity contribution in [2.45, 2.75) is 19.3 Å². The van der Waals surface area contributed by atoms with E-state index in [1.165, 1.54) is 12.1 Å². The van der Waals surface area contributed by atoms with E-state index >= 15 is 0 Å². The molecule has 1 amide bonds. The van der Waals surface area contributed by atoms with Gasteiger partial charge in [0, 0.05) is 32.1 Å². The first-order valence-electron chi connectivity index (χ1n) is 7.02. The Morgan fingerprint density at radius 2 is 2.23 bits per heavy atom. The molecule has 1 aromatic rings. The highest BCUT2D eigenvalue weighted by molar-refractivity contribution is 5.89. The Labute approximate surface area is 126 Å². The van der Waals surface area contributed by atoms with Gasteiger partial charge in [0.05, 0.1) is 10.5 Å². The average Bonchev–Trinajstić information content (AvgIpc) is 2.88. The second-order valence-electron chi connectivity index (χ2n) is 5.06. The van der Waals surface area contributed by atoms with E-state index in [9.17, 15) is 19.7 Å². The van der Waals surface area contributed by atoms with Crippen LogP contribution >= 0.6 is 0 Å². The van der Waals surface area contributed by atoms with Crippen LogP contribution in [0, 0.1) is 10.1 Å². The van der Waals surface area contributed by atoms with Crippen LogP contribution in [0.1, 0.15) is 29.6 Å². The van der Waals surface area contributed by atoms with Crippen molar-refractivity contribution in [3.8, 4) is 0 Å². The second-order valence-corrected chi connectivity index (χ2v) is 5.06. The summed E-state index contributed by atoms with van der Waals surface area (Å²) in [6, 6.07) is 3.75. The summed E-state index contributed by atoms with van der Waals surface area (Å²) in [5, 5.41) is 22.8. The highest BCUT2D eigenvalue weighted by Gasteiger charge is 2.20. The molecule has 1 saturated heterocycles. The molecule has 0 radical (unpaired) electrons. The SMILES string of the molecule is O=C(O)c1ccc(NCCCN2CCCC2=O)c([N+](=O)[O-])c1. The summed E-state index contributed by atoms with van der Waals surface area (Å²) >= 11 is 0. The Morgan fingerprint density at radius 3 is 2.82 bits per heavy atom. The molecule has 0 atom stereocenters. The minimum atomic E-state index is -1.21. The van der Waals surface area contributed by atoms with E-state index in [2.05, 4.69) is 5.32 Å². The van der Waals surface area contributed by atoms with Gasteiger partial charge in [0.2, 0.25) is 5.91 Å². The number of carbonyl (C=O) groups excluding carboxylic acids is 1. The maximum Gasteiger partial charge on any atom is 0.335 e. The molecule has 2 N–H and O–H groups in total. The number of hydrogen-bond donors (Lipinski definition) is 2. The number of hydrogen-bond acceptors (Lipinski definition) is 5. The summed E-state index contributed by atoms with van der Waals surface area (Å²) in [6.07, 6.45) is 2.15. The molecule has 0 unspecified atom stereocenters. The van der Waals surface area contributed by atoms with Crippen LogP contribution in [0.25, 0.3) is 0 Å². The smallest absolute Gasteiger partial charge is 0.335 e. The maximum absolute atomic E-state index is 11.4. The van der Waals surface area contributed by atoms with Crippen LogP contribution in [-0.4, -0.2) is 46.4 Å². The average molecular weight is 307 g/mol. The van der Waals surface area contributed by atoms with Crippen molar-refractivity contribution in [3.63, 3.8) is 0 Å². The molecule has 1 heterocycles. The zero-order chi connectivity index (χ0) is 16.1. The first-order chi connectivity index (χ1) is 10.5. The number of carbonyl (C=O) groups is 2. The molecular formula is C14H17N3O5. The summed E-state index contributed by atoms with van der Waals surface area (Å²) in [5.74, 6) is -1.06. The van der Waals surface area contributed by atoms with E-state index in [0.717, 1.165) is 19.0 Å². The number of anilines is 1. The van der Waals surface area contributed by atoms with E-state index in [4.69, 9.17) is 5.11 Å². The Morgan fingerprint density at radius 1 is 1.45 bits per heavy atom. The molecule has 1 aromatic carbocycles. The van der Waals surface area contributed by atoms with Gasteiger partial charge in [0.15, 0.2) is 0 Å². The van der Waals surface area contributed by atoms with Gasteiger partial charge < -0.3 is 15.3 Å². The fourth-order valence-corrected chi connectivity index (χ4v) is 2.40. The molecule has 8 heteroatoms. The van der Waals surface area contributed by atoms with Gasteiger partial charge in [-0.25, -0.2) is 4.79 Å². The van der Waals surface area contributed by atoms with Crippen molar-refractivity contribution >= 4 is 23.3 Å². The summed E-state index contributed by atoms with van der Waals surface area (Å²) in [4.78, 5) is 34.5. The molecule has 1 aliphatic rings. The summed E-state index contributed by atoms with van der Waals surface area (Å²) in [7, 11) is 0. The fourth-order valence-electron chi connectivity index (χ4n) is 2.40. The maximum atomic E-state index is 11.4. The highest BCUT2D eigenvalue weighted by atomic mass is 16.6. The van der Waals surface area contributed by atoms with E-state index in [1.54, 1.807) is 4.90 Å². The normalized spacial score (nSPS) is 14.2. The van der Waals surface area contributed by atoms with E-state index in [-0.39, 0.29) is 22.8 Å². The lowest BCUT2D eigenvalue weighted by Gasteiger charge is -2.15. The van der Waals surface area contributed by atoms with Crippen LogP contribution in [0.15, 0.2) is 18.2 Å². The van der Waals surface area contributed by atoms with Gasteiger partial charge in [-0.15, -0.1) is 0 Å². The number of carboxylic acid groups (broad SMARTS) is 1. The Kier molecular flexibility index (Phi) is 4.92. The zero-order valence-electron chi connectivity index (χ0n) is 11.9. The Balaban J connectivity index is 1.93. The topological polar surface area (TPSA) is 113 Å². The van der Waals surface area contributed by atoms with Gasteiger partial charge >= 0.3 is 5.97 Å². The predicted molar refractivity (Wildman–Crippen MR) is 79.0 cm³/mol. The molecule has 22 heavy (non-hydrogen) atoms. The minimum absolute atomic E-state index is 0.125. The molecule has 0 spiro atoms. The van der Waals surface area contributed by atoms with E-state index in [1.807, 2.05) is 0 Å². The largest absolute Gasteiger partial charge is 0.478 e. The first kappa shape index (κ1) is 15.7.